The Morgan fingerprint density at radius 1 is 1.19 bits per heavy atom. The smallest absolute Gasteiger partial charge is 0.161 e. The highest BCUT2D eigenvalue weighted by atomic mass is 35.5. The molecule has 2 aliphatic heterocycles. The van der Waals surface area contributed by atoms with Crippen molar-refractivity contribution in [1.82, 2.24) is 4.90 Å². The van der Waals surface area contributed by atoms with Gasteiger partial charge in [-0.15, -0.1) is 12.4 Å². The van der Waals surface area contributed by atoms with Crippen molar-refractivity contribution in [2.45, 2.75) is 64.0 Å². The Labute approximate surface area is 164 Å². The van der Waals surface area contributed by atoms with E-state index in [4.69, 9.17) is 15.2 Å². The molecule has 0 saturated carbocycles. The third-order valence-corrected chi connectivity index (χ3v) is 6.18. The van der Waals surface area contributed by atoms with Gasteiger partial charge >= 0.3 is 0 Å². The van der Waals surface area contributed by atoms with Crippen LogP contribution >= 0.6 is 12.4 Å². The quantitative estimate of drug-likeness (QED) is 0.824. The van der Waals surface area contributed by atoms with Crippen LogP contribution in [0, 0.1) is 5.92 Å². The van der Waals surface area contributed by atoms with E-state index in [2.05, 4.69) is 37.8 Å². The van der Waals surface area contributed by atoms with Crippen LogP contribution in [0.25, 0.3) is 0 Å². The van der Waals surface area contributed by atoms with Crippen LogP contribution in [0.4, 0.5) is 0 Å². The predicted molar refractivity (Wildman–Crippen MR) is 110 cm³/mol. The number of hydrogen-bond acceptors (Lipinski definition) is 4. The molecule has 3 atom stereocenters. The van der Waals surface area contributed by atoms with Gasteiger partial charge in [-0.3, -0.25) is 4.90 Å². The average Bonchev–Trinajstić information content (AvgIpc) is 2.59. The summed E-state index contributed by atoms with van der Waals surface area (Å²) in [5.41, 5.74) is 9.45. The highest BCUT2D eigenvalue weighted by Crippen LogP contribution is 2.48. The summed E-state index contributed by atoms with van der Waals surface area (Å²) in [6.45, 7) is 9.13. The van der Waals surface area contributed by atoms with E-state index >= 15 is 0 Å². The van der Waals surface area contributed by atoms with E-state index in [1.807, 2.05) is 0 Å². The molecule has 26 heavy (non-hydrogen) atoms. The zero-order valence-corrected chi connectivity index (χ0v) is 17.7. The van der Waals surface area contributed by atoms with E-state index in [1.54, 1.807) is 14.2 Å². The predicted octanol–water partition coefficient (Wildman–Crippen LogP) is 4.30. The Morgan fingerprint density at radius 3 is 2.46 bits per heavy atom. The lowest BCUT2D eigenvalue weighted by atomic mass is 9.71. The lowest BCUT2D eigenvalue weighted by molar-refractivity contribution is 0.0540. The fourth-order valence-electron chi connectivity index (χ4n) is 4.78. The summed E-state index contributed by atoms with van der Waals surface area (Å²) in [5.74, 6) is 2.26. The fraction of sp³-hybridized carbons (Fsp3) is 0.714. The number of halogens is 1. The monoisotopic (exact) mass is 382 g/mol. The van der Waals surface area contributed by atoms with Crippen molar-refractivity contribution in [2.24, 2.45) is 11.7 Å². The summed E-state index contributed by atoms with van der Waals surface area (Å²) in [7, 11) is 3.42. The minimum absolute atomic E-state index is 0. The second-order valence-corrected chi connectivity index (χ2v) is 8.43. The van der Waals surface area contributed by atoms with Crippen molar-refractivity contribution in [2.75, 3.05) is 27.3 Å². The van der Waals surface area contributed by atoms with Crippen molar-refractivity contribution in [3.63, 3.8) is 0 Å². The molecule has 3 unspecified atom stereocenters. The van der Waals surface area contributed by atoms with Crippen molar-refractivity contribution >= 4 is 12.4 Å². The maximum Gasteiger partial charge on any atom is 0.161 e. The summed E-state index contributed by atoms with van der Waals surface area (Å²) in [4.78, 5) is 2.66. The molecular formula is C21H35ClN2O2. The third-order valence-electron chi connectivity index (χ3n) is 6.18. The Balaban J connectivity index is 0.00000243. The zero-order valence-electron chi connectivity index (χ0n) is 16.9. The molecule has 0 bridgehead atoms. The van der Waals surface area contributed by atoms with Gasteiger partial charge in [0.15, 0.2) is 11.5 Å². The molecular weight excluding hydrogens is 348 g/mol. The standard InChI is InChI=1S/C21H34N2O2.ClH/c1-6-7-8-14-12-23-13-21(2,3)16-10-20(25-5)19(24-4)9-15(16)18(23)11-17(14)22;/h9-10,14,17-18H,6-8,11-13,22H2,1-5H3;1H. The maximum atomic E-state index is 6.60. The first-order valence-electron chi connectivity index (χ1n) is 9.67. The molecule has 0 aromatic heterocycles. The summed E-state index contributed by atoms with van der Waals surface area (Å²) in [6, 6.07) is 5.05. The molecule has 2 aliphatic rings. The minimum atomic E-state index is 0. The number of unbranched alkanes of at least 4 members (excludes halogenated alkanes) is 1. The molecule has 3 rings (SSSR count). The number of methoxy groups -OCH3 is 2. The number of ether oxygens (including phenoxy) is 2. The fourth-order valence-corrected chi connectivity index (χ4v) is 4.78. The summed E-state index contributed by atoms with van der Waals surface area (Å²) in [6.07, 6.45) is 4.81. The molecule has 0 radical (unpaired) electrons. The van der Waals surface area contributed by atoms with Crippen LogP contribution in [0.15, 0.2) is 12.1 Å². The van der Waals surface area contributed by atoms with Gasteiger partial charge in [0, 0.05) is 30.6 Å². The summed E-state index contributed by atoms with van der Waals surface area (Å²) in [5, 5.41) is 0. The van der Waals surface area contributed by atoms with Gasteiger partial charge in [0.2, 0.25) is 0 Å². The first-order valence-corrected chi connectivity index (χ1v) is 9.67. The zero-order chi connectivity index (χ0) is 18.2. The Hall–Kier alpha value is -0.970. The van der Waals surface area contributed by atoms with E-state index in [1.165, 1.54) is 30.4 Å². The average molecular weight is 383 g/mol. The van der Waals surface area contributed by atoms with Gasteiger partial charge in [-0.25, -0.2) is 0 Å². The summed E-state index contributed by atoms with van der Waals surface area (Å²) >= 11 is 0. The van der Waals surface area contributed by atoms with E-state index < -0.39 is 0 Å². The highest BCUT2D eigenvalue weighted by molar-refractivity contribution is 5.85. The number of nitrogens with two attached hydrogens (primary N) is 1. The number of hydrogen-bond donors (Lipinski definition) is 1. The molecule has 2 N–H and O–H groups in total. The molecule has 0 spiro atoms. The third kappa shape index (κ3) is 3.83. The molecule has 4 nitrogen and oxygen atoms in total. The van der Waals surface area contributed by atoms with Crippen LogP contribution in [-0.4, -0.2) is 38.3 Å². The van der Waals surface area contributed by atoms with Crippen LogP contribution in [0.5, 0.6) is 11.5 Å². The number of rotatable bonds is 5. The van der Waals surface area contributed by atoms with E-state index in [9.17, 15) is 0 Å². The first-order chi connectivity index (χ1) is 11.9. The Kier molecular flexibility index (Phi) is 6.86. The minimum Gasteiger partial charge on any atom is -0.493 e. The van der Waals surface area contributed by atoms with Crippen molar-refractivity contribution in [3.8, 4) is 11.5 Å². The molecule has 2 heterocycles. The number of fused-ring (bicyclic) bond motifs is 3. The molecule has 1 fully saturated rings. The molecule has 1 saturated heterocycles. The van der Waals surface area contributed by atoms with E-state index in [-0.39, 0.29) is 23.9 Å². The Bertz CT molecular complexity index is 620. The van der Waals surface area contributed by atoms with Gasteiger partial charge in [0.05, 0.1) is 14.2 Å². The molecule has 148 valence electrons. The summed E-state index contributed by atoms with van der Waals surface area (Å²) < 4.78 is 11.1. The van der Waals surface area contributed by atoms with Crippen LogP contribution in [0.1, 0.15) is 63.6 Å². The largest absolute Gasteiger partial charge is 0.493 e. The molecule has 0 amide bonds. The second kappa shape index (κ2) is 8.37. The van der Waals surface area contributed by atoms with Crippen LogP contribution in [0.2, 0.25) is 0 Å². The number of nitrogens with zero attached hydrogens (tertiary/aromatic N) is 1. The van der Waals surface area contributed by atoms with Gasteiger partial charge in [0.1, 0.15) is 0 Å². The van der Waals surface area contributed by atoms with Gasteiger partial charge in [-0.1, -0.05) is 33.6 Å². The molecule has 1 aromatic rings. The molecule has 0 aliphatic carbocycles. The van der Waals surface area contributed by atoms with E-state index in [0.717, 1.165) is 31.0 Å². The van der Waals surface area contributed by atoms with Crippen LogP contribution in [-0.2, 0) is 5.41 Å². The van der Waals surface area contributed by atoms with Crippen molar-refractivity contribution in [1.29, 1.82) is 0 Å². The SMILES string of the molecule is CCCCC1CN2CC(C)(C)c3cc(OC)c(OC)cc3C2CC1N.Cl. The lowest BCUT2D eigenvalue weighted by Crippen LogP contribution is -2.54. The van der Waals surface area contributed by atoms with Gasteiger partial charge in [-0.05, 0) is 42.0 Å². The van der Waals surface area contributed by atoms with Crippen LogP contribution < -0.4 is 15.2 Å². The molecule has 5 heteroatoms. The number of benzene rings is 1. The topological polar surface area (TPSA) is 47.7 Å². The van der Waals surface area contributed by atoms with Crippen molar-refractivity contribution < 1.29 is 9.47 Å². The Morgan fingerprint density at radius 2 is 1.85 bits per heavy atom. The lowest BCUT2D eigenvalue weighted by Gasteiger charge is -2.51. The maximum absolute atomic E-state index is 6.60. The van der Waals surface area contributed by atoms with Crippen molar-refractivity contribution in [3.05, 3.63) is 23.3 Å². The number of piperidine rings is 1. The first kappa shape index (κ1) is 21.3. The van der Waals surface area contributed by atoms with Crippen LogP contribution in [0.3, 0.4) is 0 Å². The van der Waals surface area contributed by atoms with Gasteiger partial charge < -0.3 is 15.2 Å². The van der Waals surface area contributed by atoms with E-state index in [0.29, 0.717) is 12.0 Å². The second-order valence-electron chi connectivity index (χ2n) is 8.43. The van der Waals surface area contributed by atoms with Gasteiger partial charge in [0.25, 0.3) is 0 Å². The molecule has 1 aromatic carbocycles. The highest BCUT2D eigenvalue weighted by Gasteiger charge is 2.43. The van der Waals surface area contributed by atoms with Gasteiger partial charge in [-0.2, -0.15) is 0 Å². The normalized spacial score (nSPS) is 27.1.